The molecule has 1 aliphatic heterocycles. The molecule has 1 rings (SSSR count). The highest BCUT2D eigenvalue weighted by Gasteiger charge is 2.25. The Labute approximate surface area is 106 Å². The fourth-order valence-corrected chi connectivity index (χ4v) is 2.35. The number of carbonyl (C=O) groups is 1. The third-order valence-electron chi connectivity index (χ3n) is 3.52. The maximum Gasteiger partial charge on any atom is 0.226 e. The lowest BCUT2D eigenvalue weighted by molar-refractivity contribution is -0.136. The van der Waals surface area contributed by atoms with E-state index in [4.69, 9.17) is 0 Å². The molecule has 0 saturated carbocycles. The van der Waals surface area contributed by atoms with Crippen molar-refractivity contribution in [3.05, 3.63) is 0 Å². The van der Waals surface area contributed by atoms with Crippen LogP contribution in [-0.4, -0.2) is 37.0 Å². The molecule has 100 valence electrons. The van der Waals surface area contributed by atoms with Gasteiger partial charge in [-0.1, -0.05) is 26.7 Å². The Kier molecular flexibility index (Phi) is 7.25. The number of hydrogen-bond acceptors (Lipinski definition) is 2. The van der Waals surface area contributed by atoms with E-state index in [9.17, 15) is 4.79 Å². The molecule has 3 heteroatoms. The van der Waals surface area contributed by atoms with Gasteiger partial charge in [-0.2, -0.15) is 0 Å². The summed E-state index contributed by atoms with van der Waals surface area (Å²) in [5.41, 5.74) is 0. The largest absolute Gasteiger partial charge is 0.342 e. The van der Waals surface area contributed by atoms with Gasteiger partial charge in [0, 0.05) is 19.6 Å². The van der Waals surface area contributed by atoms with Gasteiger partial charge in [0.05, 0.1) is 5.92 Å². The minimum Gasteiger partial charge on any atom is -0.342 e. The van der Waals surface area contributed by atoms with Gasteiger partial charge in [0.25, 0.3) is 0 Å². The average Bonchev–Trinajstić information content (AvgIpc) is 2.39. The van der Waals surface area contributed by atoms with Crippen LogP contribution in [0.1, 0.15) is 52.4 Å². The van der Waals surface area contributed by atoms with E-state index >= 15 is 0 Å². The molecule has 1 aliphatic rings. The van der Waals surface area contributed by atoms with Crippen LogP contribution >= 0.6 is 0 Å². The molecule has 0 aromatic carbocycles. The highest BCUT2D eigenvalue weighted by atomic mass is 16.2. The molecule has 1 heterocycles. The van der Waals surface area contributed by atoms with Crippen molar-refractivity contribution in [2.75, 3.05) is 26.2 Å². The Morgan fingerprint density at radius 2 is 1.88 bits per heavy atom. The van der Waals surface area contributed by atoms with Crippen LogP contribution in [0, 0.1) is 5.92 Å². The molecular weight excluding hydrogens is 212 g/mol. The summed E-state index contributed by atoms with van der Waals surface area (Å²) < 4.78 is 0. The number of nitrogens with one attached hydrogen (secondary N) is 1. The molecule has 0 aliphatic carbocycles. The van der Waals surface area contributed by atoms with Crippen LogP contribution < -0.4 is 5.32 Å². The first-order valence-corrected chi connectivity index (χ1v) is 7.29. The SMILES string of the molecule is CCCCN(CCCC)C(=O)C1CCCNC1. The van der Waals surface area contributed by atoms with Crippen LogP contribution in [0.2, 0.25) is 0 Å². The number of amides is 1. The van der Waals surface area contributed by atoms with Crippen LogP contribution in [0.15, 0.2) is 0 Å². The van der Waals surface area contributed by atoms with E-state index in [0.717, 1.165) is 51.9 Å². The Balaban J connectivity index is 2.44. The zero-order valence-corrected chi connectivity index (χ0v) is 11.5. The van der Waals surface area contributed by atoms with Crippen molar-refractivity contribution < 1.29 is 4.79 Å². The highest BCUT2D eigenvalue weighted by Crippen LogP contribution is 2.14. The highest BCUT2D eigenvalue weighted by molar-refractivity contribution is 5.79. The third-order valence-corrected chi connectivity index (χ3v) is 3.52. The molecule has 0 aromatic rings. The van der Waals surface area contributed by atoms with E-state index in [1.54, 1.807) is 0 Å². The molecular formula is C14H28N2O. The predicted molar refractivity (Wildman–Crippen MR) is 72.0 cm³/mol. The maximum absolute atomic E-state index is 12.4. The molecule has 17 heavy (non-hydrogen) atoms. The molecule has 0 bridgehead atoms. The quantitative estimate of drug-likeness (QED) is 0.741. The number of rotatable bonds is 7. The maximum atomic E-state index is 12.4. The molecule has 1 N–H and O–H groups in total. The summed E-state index contributed by atoms with van der Waals surface area (Å²) in [5, 5.41) is 3.34. The van der Waals surface area contributed by atoms with Crippen molar-refractivity contribution >= 4 is 5.91 Å². The molecule has 1 atom stereocenters. The summed E-state index contributed by atoms with van der Waals surface area (Å²) in [6.45, 7) is 8.23. The number of unbranched alkanes of at least 4 members (excludes halogenated alkanes) is 2. The van der Waals surface area contributed by atoms with Gasteiger partial charge in [-0.15, -0.1) is 0 Å². The van der Waals surface area contributed by atoms with E-state index in [1.165, 1.54) is 12.8 Å². The van der Waals surface area contributed by atoms with Crippen LogP contribution in [-0.2, 0) is 4.79 Å². The second-order valence-corrected chi connectivity index (χ2v) is 5.08. The van der Waals surface area contributed by atoms with Crippen molar-refractivity contribution in [1.29, 1.82) is 0 Å². The van der Waals surface area contributed by atoms with Gasteiger partial charge in [-0.05, 0) is 32.2 Å². The summed E-state index contributed by atoms with van der Waals surface area (Å²) in [5.74, 6) is 0.622. The molecule has 1 saturated heterocycles. The van der Waals surface area contributed by atoms with Crippen LogP contribution in [0.25, 0.3) is 0 Å². The average molecular weight is 240 g/mol. The van der Waals surface area contributed by atoms with Crippen molar-refractivity contribution in [3.63, 3.8) is 0 Å². The number of carbonyl (C=O) groups excluding carboxylic acids is 1. The lowest BCUT2D eigenvalue weighted by Crippen LogP contribution is -2.43. The molecule has 0 radical (unpaired) electrons. The molecule has 1 amide bonds. The lowest BCUT2D eigenvalue weighted by Gasteiger charge is -2.29. The first-order chi connectivity index (χ1) is 8.29. The van der Waals surface area contributed by atoms with Gasteiger partial charge in [0.2, 0.25) is 5.91 Å². The minimum absolute atomic E-state index is 0.234. The second-order valence-electron chi connectivity index (χ2n) is 5.08. The molecule has 1 unspecified atom stereocenters. The van der Waals surface area contributed by atoms with Gasteiger partial charge in [0.1, 0.15) is 0 Å². The number of nitrogens with zero attached hydrogens (tertiary/aromatic N) is 1. The fourth-order valence-electron chi connectivity index (χ4n) is 2.35. The lowest BCUT2D eigenvalue weighted by atomic mass is 9.98. The predicted octanol–water partition coefficient (Wildman–Crippen LogP) is 2.41. The summed E-state index contributed by atoms with van der Waals surface area (Å²) in [6, 6.07) is 0. The summed E-state index contributed by atoms with van der Waals surface area (Å²) in [7, 11) is 0. The van der Waals surface area contributed by atoms with Crippen LogP contribution in [0.4, 0.5) is 0 Å². The number of piperidine rings is 1. The normalized spacial score (nSPS) is 20.2. The number of hydrogen-bond donors (Lipinski definition) is 1. The smallest absolute Gasteiger partial charge is 0.226 e. The molecule has 3 nitrogen and oxygen atoms in total. The Morgan fingerprint density at radius 3 is 2.35 bits per heavy atom. The minimum atomic E-state index is 0.234. The third kappa shape index (κ3) is 5.07. The van der Waals surface area contributed by atoms with Gasteiger partial charge in [-0.25, -0.2) is 0 Å². The standard InChI is InChI=1S/C14H28N2O/c1-3-5-10-16(11-6-4-2)14(17)13-8-7-9-15-12-13/h13,15H,3-12H2,1-2H3. The molecule has 0 spiro atoms. The fraction of sp³-hybridized carbons (Fsp3) is 0.929. The van der Waals surface area contributed by atoms with E-state index in [2.05, 4.69) is 24.1 Å². The van der Waals surface area contributed by atoms with E-state index in [1.807, 2.05) is 0 Å². The zero-order chi connectivity index (χ0) is 12.5. The van der Waals surface area contributed by atoms with Crippen molar-refractivity contribution in [1.82, 2.24) is 10.2 Å². The van der Waals surface area contributed by atoms with Crippen LogP contribution in [0.5, 0.6) is 0 Å². The Hall–Kier alpha value is -0.570. The molecule has 0 aromatic heterocycles. The first kappa shape index (κ1) is 14.5. The van der Waals surface area contributed by atoms with Crippen molar-refractivity contribution in [3.8, 4) is 0 Å². The summed E-state index contributed by atoms with van der Waals surface area (Å²) >= 11 is 0. The molecule has 1 fully saturated rings. The second kappa shape index (κ2) is 8.51. The summed E-state index contributed by atoms with van der Waals surface area (Å²) in [6.07, 6.45) is 6.81. The zero-order valence-electron chi connectivity index (χ0n) is 11.5. The van der Waals surface area contributed by atoms with Crippen LogP contribution in [0.3, 0.4) is 0 Å². The Morgan fingerprint density at radius 1 is 1.24 bits per heavy atom. The van der Waals surface area contributed by atoms with Gasteiger partial charge >= 0.3 is 0 Å². The van der Waals surface area contributed by atoms with Crippen molar-refractivity contribution in [2.45, 2.75) is 52.4 Å². The van der Waals surface area contributed by atoms with Gasteiger partial charge in [0.15, 0.2) is 0 Å². The monoisotopic (exact) mass is 240 g/mol. The van der Waals surface area contributed by atoms with Crippen molar-refractivity contribution in [2.24, 2.45) is 5.92 Å². The van der Waals surface area contributed by atoms with Gasteiger partial charge < -0.3 is 10.2 Å². The van der Waals surface area contributed by atoms with Gasteiger partial charge in [-0.3, -0.25) is 4.79 Å². The first-order valence-electron chi connectivity index (χ1n) is 7.29. The topological polar surface area (TPSA) is 32.3 Å². The van der Waals surface area contributed by atoms with E-state index in [-0.39, 0.29) is 5.92 Å². The Bertz CT molecular complexity index is 204. The summed E-state index contributed by atoms with van der Waals surface area (Å²) in [4.78, 5) is 14.5. The van der Waals surface area contributed by atoms with E-state index in [0.29, 0.717) is 5.91 Å². The van der Waals surface area contributed by atoms with E-state index < -0.39 is 0 Å².